The van der Waals surface area contributed by atoms with Crippen molar-refractivity contribution in [2.45, 2.75) is 65.4 Å². The highest BCUT2D eigenvalue weighted by molar-refractivity contribution is 6.05. The summed E-state index contributed by atoms with van der Waals surface area (Å²) in [5, 5.41) is 16.6. The van der Waals surface area contributed by atoms with Crippen LogP contribution in [0.1, 0.15) is 72.3 Å². The van der Waals surface area contributed by atoms with E-state index in [0.717, 1.165) is 28.1 Å². The number of rotatable bonds is 5. The Kier molecular flexibility index (Phi) is 7.86. The number of aromatic nitrogens is 2. The van der Waals surface area contributed by atoms with Gasteiger partial charge in [0.2, 0.25) is 0 Å². The van der Waals surface area contributed by atoms with Crippen LogP contribution < -0.4 is 5.32 Å². The summed E-state index contributed by atoms with van der Waals surface area (Å²) in [6, 6.07) is 15.5. The zero-order chi connectivity index (χ0) is 27.4. The summed E-state index contributed by atoms with van der Waals surface area (Å²) in [7, 11) is 0. The molecule has 1 saturated heterocycles. The Morgan fingerprint density at radius 2 is 1.71 bits per heavy atom. The van der Waals surface area contributed by atoms with Crippen molar-refractivity contribution in [3.8, 4) is 11.8 Å². The Morgan fingerprint density at radius 3 is 2.29 bits per heavy atom. The minimum Gasteiger partial charge on any atom is -0.444 e. The van der Waals surface area contributed by atoms with Crippen LogP contribution in [0.5, 0.6) is 0 Å². The zero-order valence-electron chi connectivity index (χ0n) is 22.7. The highest BCUT2D eigenvalue weighted by Gasteiger charge is 2.32. The van der Waals surface area contributed by atoms with Crippen LogP contribution in [0, 0.1) is 25.2 Å². The summed E-state index contributed by atoms with van der Waals surface area (Å²) < 4.78 is 7.47. The van der Waals surface area contributed by atoms with Crippen molar-refractivity contribution in [3.05, 3.63) is 76.6 Å². The van der Waals surface area contributed by atoms with Crippen molar-refractivity contribution in [3.63, 3.8) is 0 Å². The second-order valence-electron chi connectivity index (χ2n) is 10.8. The number of carbonyl (C=O) groups excluding carboxylic acids is 2. The van der Waals surface area contributed by atoms with E-state index in [1.54, 1.807) is 23.2 Å². The summed E-state index contributed by atoms with van der Waals surface area (Å²) in [6.07, 6.45) is 3.04. The van der Waals surface area contributed by atoms with Gasteiger partial charge in [-0.05, 0) is 76.3 Å². The molecule has 38 heavy (non-hydrogen) atoms. The van der Waals surface area contributed by atoms with Gasteiger partial charge in [0.05, 0.1) is 35.6 Å². The molecule has 8 heteroatoms. The molecule has 1 N–H and O–H groups in total. The van der Waals surface area contributed by atoms with E-state index in [2.05, 4.69) is 11.4 Å². The fraction of sp³-hybridized carbons (Fsp3) is 0.400. The second-order valence-corrected chi connectivity index (χ2v) is 10.8. The van der Waals surface area contributed by atoms with Gasteiger partial charge < -0.3 is 15.0 Å². The molecule has 0 aliphatic carbocycles. The van der Waals surface area contributed by atoms with Gasteiger partial charge in [0.1, 0.15) is 5.60 Å². The van der Waals surface area contributed by atoms with Crippen molar-refractivity contribution in [2.75, 3.05) is 18.4 Å². The van der Waals surface area contributed by atoms with Crippen LogP contribution in [0.4, 0.5) is 10.5 Å². The molecule has 1 aromatic heterocycles. The lowest BCUT2D eigenvalue weighted by molar-refractivity contribution is 0.0203. The summed E-state index contributed by atoms with van der Waals surface area (Å²) >= 11 is 0. The number of nitriles is 1. The summed E-state index contributed by atoms with van der Waals surface area (Å²) in [5.41, 5.74) is 5.48. The molecule has 2 aromatic carbocycles. The number of amides is 2. The number of nitrogens with zero attached hydrogens (tertiary/aromatic N) is 4. The molecule has 0 saturated carbocycles. The number of piperidine rings is 1. The molecule has 2 heterocycles. The summed E-state index contributed by atoms with van der Waals surface area (Å²) in [4.78, 5) is 27.9. The minimum absolute atomic E-state index is 0.0361. The van der Waals surface area contributed by atoms with E-state index in [0.29, 0.717) is 43.6 Å². The second kappa shape index (κ2) is 11.1. The van der Waals surface area contributed by atoms with Crippen molar-refractivity contribution >= 4 is 17.7 Å². The number of likely N-dealkylation sites (tertiary alicyclic amines) is 1. The van der Waals surface area contributed by atoms with Crippen LogP contribution in [-0.4, -0.2) is 45.4 Å². The topological polar surface area (TPSA) is 100 Å². The van der Waals surface area contributed by atoms with E-state index < -0.39 is 5.60 Å². The Morgan fingerprint density at radius 1 is 1.08 bits per heavy atom. The minimum atomic E-state index is -0.549. The van der Waals surface area contributed by atoms with Crippen LogP contribution in [0.15, 0.2) is 48.7 Å². The number of hydrogen-bond acceptors (Lipinski definition) is 5. The van der Waals surface area contributed by atoms with E-state index in [4.69, 9.17) is 15.1 Å². The lowest BCUT2D eigenvalue weighted by atomic mass is 9.90. The molecule has 1 aliphatic rings. The quantitative estimate of drug-likeness (QED) is 0.456. The Balaban J connectivity index is 1.64. The molecular formula is C30H35N5O3. The Bertz CT molecular complexity index is 1330. The monoisotopic (exact) mass is 513 g/mol. The molecule has 1 aliphatic heterocycles. The van der Waals surface area contributed by atoms with Gasteiger partial charge in [-0.25, -0.2) is 9.48 Å². The fourth-order valence-corrected chi connectivity index (χ4v) is 4.90. The first-order valence-corrected chi connectivity index (χ1v) is 13.0. The van der Waals surface area contributed by atoms with Crippen LogP contribution in [-0.2, 0) is 11.2 Å². The van der Waals surface area contributed by atoms with E-state index in [1.165, 1.54) is 0 Å². The molecule has 0 unspecified atom stereocenters. The van der Waals surface area contributed by atoms with E-state index >= 15 is 0 Å². The largest absolute Gasteiger partial charge is 0.444 e. The molecule has 4 rings (SSSR count). The van der Waals surface area contributed by atoms with Crippen LogP contribution in [0.2, 0.25) is 0 Å². The standard InChI is InChI=1S/C30H35N5O3/c1-20-7-6-8-21(2)26(20)35-27(23-14-17-34(18-15-23)29(37)38-30(3,4)5)25(19-32-35)28(36)33-24-11-9-22(10-12-24)13-16-31/h6-12,19,23H,13-15,17-18H2,1-5H3,(H,33,36). The summed E-state index contributed by atoms with van der Waals surface area (Å²) in [6.45, 7) is 10.8. The Hall–Kier alpha value is -4.12. The third-order valence-electron chi connectivity index (χ3n) is 6.73. The molecule has 0 atom stereocenters. The first kappa shape index (κ1) is 26.9. The molecule has 1 fully saturated rings. The molecule has 198 valence electrons. The van der Waals surface area contributed by atoms with Crippen molar-refractivity contribution < 1.29 is 14.3 Å². The number of hydrogen-bond donors (Lipinski definition) is 1. The van der Waals surface area contributed by atoms with Gasteiger partial charge in [0.25, 0.3) is 5.91 Å². The van der Waals surface area contributed by atoms with Gasteiger partial charge in [-0.2, -0.15) is 10.4 Å². The first-order valence-electron chi connectivity index (χ1n) is 13.0. The lowest BCUT2D eigenvalue weighted by Crippen LogP contribution is -2.41. The maximum Gasteiger partial charge on any atom is 0.410 e. The van der Waals surface area contributed by atoms with Crippen LogP contribution >= 0.6 is 0 Å². The van der Waals surface area contributed by atoms with Crippen molar-refractivity contribution in [1.29, 1.82) is 5.26 Å². The smallest absolute Gasteiger partial charge is 0.410 e. The predicted octanol–water partition coefficient (Wildman–Crippen LogP) is 5.92. The van der Waals surface area contributed by atoms with Gasteiger partial charge >= 0.3 is 6.09 Å². The molecular weight excluding hydrogens is 478 g/mol. The molecule has 3 aromatic rings. The van der Waals surface area contributed by atoms with Crippen LogP contribution in [0.25, 0.3) is 5.69 Å². The van der Waals surface area contributed by atoms with E-state index in [-0.39, 0.29) is 17.9 Å². The van der Waals surface area contributed by atoms with Crippen molar-refractivity contribution in [2.24, 2.45) is 0 Å². The molecule has 8 nitrogen and oxygen atoms in total. The van der Waals surface area contributed by atoms with Gasteiger partial charge in [-0.15, -0.1) is 0 Å². The average Bonchev–Trinajstić information content (AvgIpc) is 3.29. The fourth-order valence-electron chi connectivity index (χ4n) is 4.90. The third-order valence-corrected chi connectivity index (χ3v) is 6.73. The molecule has 0 spiro atoms. The van der Waals surface area contributed by atoms with E-state index in [1.807, 2.05) is 69.6 Å². The number of para-hydroxylation sites is 1. The van der Waals surface area contributed by atoms with Gasteiger partial charge in [-0.3, -0.25) is 4.79 Å². The molecule has 0 bridgehead atoms. The number of anilines is 1. The Labute approximate surface area is 224 Å². The number of carbonyl (C=O) groups is 2. The number of ether oxygens (including phenoxy) is 1. The first-order chi connectivity index (χ1) is 18.1. The lowest BCUT2D eigenvalue weighted by Gasteiger charge is -2.34. The number of aryl methyl sites for hydroxylation is 2. The summed E-state index contributed by atoms with van der Waals surface area (Å²) in [5.74, 6) is -0.200. The highest BCUT2D eigenvalue weighted by atomic mass is 16.6. The van der Waals surface area contributed by atoms with Gasteiger partial charge in [0, 0.05) is 24.7 Å². The maximum atomic E-state index is 13.5. The van der Waals surface area contributed by atoms with E-state index in [9.17, 15) is 9.59 Å². The number of benzene rings is 2. The zero-order valence-corrected chi connectivity index (χ0v) is 22.7. The van der Waals surface area contributed by atoms with Gasteiger partial charge in [0.15, 0.2) is 0 Å². The number of nitrogens with one attached hydrogen (secondary N) is 1. The van der Waals surface area contributed by atoms with Crippen molar-refractivity contribution in [1.82, 2.24) is 14.7 Å². The maximum absolute atomic E-state index is 13.5. The third kappa shape index (κ3) is 6.05. The molecule has 0 radical (unpaired) electrons. The van der Waals surface area contributed by atoms with Crippen LogP contribution in [0.3, 0.4) is 0 Å². The normalized spacial score (nSPS) is 14.2. The van der Waals surface area contributed by atoms with Gasteiger partial charge in [-0.1, -0.05) is 30.3 Å². The predicted molar refractivity (Wildman–Crippen MR) is 147 cm³/mol. The highest BCUT2D eigenvalue weighted by Crippen LogP contribution is 2.34. The molecule has 2 amide bonds. The SMILES string of the molecule is Cc1cccc(C)c1-n1ncc(C(=O)Nc2ccc(CC#N)cc2)c1C1CCN(C(=O)OC(C)(C)C)CC1. The average molecular weight is 514 g/mol.